The molecule has 0 saturated heterocycles. The number of hydrogen-bond donors (Lipinski definition) is 2. The normalized spacial score (nSPS) is 27.3. The lowest BCUT2D eigenvalue weighted by molar-refractivity contribution is 0.0489. The molecule has 2 atom stereocenters. The second kappa shape index (κ2) is 8.91. The van der Waals surface area contributed by atoms with Crippen LogP contribution in [-0.4, -0.2) is 30.3 Å². The van der Waals surface area contributed by atoms with Crippen molar-refractivity contribution in [2.24, 2.45) is 5.92 Å². The standard InChI is InChI=1S/C19H36N2O2/c1-19(2,3)23-18(22)21-17-13-9-5-8-12-16(17)20-14-15-10-6-4-7-11-15/h15-17,20H,4-14H2,1-3H3,(H,21,22). The molecule has 0 radical (unpaired) electrons. The van der Waals surface area contributed by atoms with Gasteiger partial charge in [-0.1, -0.05) is 38.5 Å². The van der Waals surface area contributed by atoms with E-state index in [0.29, 0.717) is 6.04 Å². The first-order valence-corrected chi connectivity index (χ1v) is 9.67. The number of rotatable bonds is 4. The Morgan fingerprint density at radius 3 is 2.09 bits per heavy atom. The molecule has 0 aromatic carbocycles. The van der Waals surface area contributed by atoms with Crippen LogP contribution in [0.1, 0.15) is 85.0 Å². The number of carbonyl (C=O) groups excluding carboxylic acids is 1. The van der Waals surface area contributed by atoms with Gasteiger partial charge in [0.1, 0.15) is 5.60 Å². The van der Waals surface area contributed by atoms with Crippen molar-refractivity contribution in [1.82, 2.24) is 10.6 Å². The lowest BCUT2D eigenvalue weighted by Crippen LogP contribution is -2.51. The Bertz CT molecular complexity index is 359. The Morgan fingerprint density at radius 1 is 0.913 bits per heavy atom. The summed E-state index contributed by atoms with van der Waals surface area (Å²) < 4.78 is 5.45. The van der Waals surface area contributed by atoms with Crippen molar-refractivity contribution in [3.8, 4) is 0 Å². The molecule has 0 aromatic rings. The number of nitrogens with one attached hydrogen (secondary N) is 2. The maximum atomic E-state index is 12.1. The molecule has 23 heavy (non-hydrogen) atoms. The highest BCUT2D eigenvalue weighted by Gasteiger charge is 2.27. The third-order valence-electron chi connectivity index (χ3n) is 5.11. The van der Waals surface area contributed by atoms with Gasteiger partial charge in [-0.25, -0.2) is 4.79 Å². The van der Waals surface area contributed by atoms with Crippen LogP contribution in [0.4, 0.5) is 4.79 Å². The number of carbonyl (C=O) groups is 1. The molecule has 0 aliphatic heterocycles. The fourth-order valence-corrected chi connectivity index (χ4v) is 3.89. The predicted octanol–water partition coefficient (Wildman–Crippen LogP) is 4.38. The zero-order valence-corrected chi connectivity index (χ0v) is 15.3. The Hall–Kier alpha value is -0.770. The van der Waals surface area contributed by atoms with E-state index in [1.807, 2.05) is 20.8 Å². The molecule has 2 rings (SSSR count). The smallest absolute Gasteiger partial charge is 0.407 e. The molecular formula is C19H36N2O2. The van der Waals surface area contributed by atoms with Crippen LogP contribution in [0.3, 0.4) is 0 Å². The molecule has 2 fully saturated rings. The minimum absolute atomic E-state index is 0.205. The SMILES string of the molecule is CC(C)(C)OC(=O)NC1CCCCCC1NCC1CCCCC1. The first-order valence-electron chi connectivity index (χ1n) is 9.67. The van der Waals surface area contributed by atoms with Crippen LogP contribution in [0.15, 0.2) is 0 Å². The quantitative estimate of drug-likeness (QED) is 0.754. The van der Waals surface area contributed by atoms with Crippen molar-refractivity contribution in [3.63, 3.8) is 0 Å². The van der Waals surface area contributed by atoms with Crippen LogP contribution in [0.2, 0.25) is 0 Å². The monoisotopic (exact) mass is 324 g/mol. The van der Waals surface area contributed by atoms with Crippen molar-refractivity contribution >= 4 is 6.09 Å². The summed E-state index contributed by atoms with van der Waals surface area (Å²) >= 11 is 0. The fourth-order valence-electron chi connectivity index (χ4n) is 3.89. The molecule has 1 amide bonds. The third-order valence-corrected chi connectivity index (χ3v) is 5.11. The van der Waals surface area contributed by atoms with E-state index in [1.54, 1.807) is 0 Å². The molecule has 0 aromatic heterocycles. The number of ether oxygens (including phenoxy) is 1. The Labute approximate surface area is 142 Å². The highest BCUT2D eigenvalue weighted by molar-refractivity contribution is 5.68. The van der Waals surface area contributed by atoms with Gasteiger partial charge in [0.25, 0.3) is 0 Å². The van der Waals surface area contributed by atoms with Crippen molar-refractivity contribution in [3.05, 3.63) is 0 Å². The Kier molecular flexibility index (Phi) is 7.19. The summed E-state index contributed by atoms with van der Waals surface area (Å²) in [6, 6.07) is 0.600. The third kappa shape index (κ3) is 7.11. The first kappa shape index (κ1) is 18.6. The van der Waals surface area contributed by atoms with Gasteiger partial charge in [0.2, 0.25) is 0 Å². The maximum Gasteiger partial charge on any atom is 0.407 e. The van der Waals surface area contributed by atoms with Gasteiger partial charge in [-0.3, -0.25) is 0 Å². The molecule has 134 valence electrons. The van der Waals surface area contributed by atoms with Gasteiger partial charge in [-0.05, 0) is 58.9 Å². The van der Waals surface area contributed by atoms with Crippen LogP contribution in [-0.2, 0) is 4.74 Å². The number of alkyl carbamates (subject to hydrolysis) is 1. The summed E-state index contributed by atoms with van der Waals surface area (Å²) in [6.07, 6.45) is 12.6. The average molecular weight is 325 g/mol. The summed E-state index contributed by atoms with van der Waals surface area (Å²) in [5, 5.41) is 6.91. The Morgan fingerprint density at radius 2 is 1.48 bits per heavy atom. The van der Waals surface area contributed by atoms with E-state index in [4.69, 9.17) is 4.74 Å². The zero-order chi connectivity index (χ0) is 16.7. The largest absolute Gasteiger partial charge is 0.444 e. The van der Waals surface area contributed by atoms with Crippen molar-refractivity contribution in [2.75, 3.05) is 6.54 Å². The van der Waals surface area contributed by atoms with Gasteiger partial charge in [0.15, 0.2) is 0 Å². The molecule has 2 aliphatic carbocycles. The summed E-state index contributed by atoms with van der Waals surface area (Å²) in [7, 11) is 0. The molecule has 2 N–H and O–H groups in total. The first-order chi connectivity index (χ1) is 10.9. The van der Waals surface area contributed by atoms with Crippen LogP contribution < -0.4 is 10.6 Å². The lowest BCUT2D eigenvalue weighted by Gasteiger charge is -2.31. The second-order valence-corrected chi connectivity index (χ2v) is 8.41. The molecule has 2 aliphatic rings. The molecule has 2 unspecified atom stereocenters. The zero-order valence-electron chi connectivity index (χ0n) is 15.3. The summed E-state index contributed by atoms with van der Waals surface area (Å²) in [4.78, 5) is 12.1. The average Bonchev–Trinajstić information content (AvgIpc) is 2.69. The van der Waals surface area contributed by atoms with Crippen molar-refractivity contribution < 1.29 is 9.53 Å². The maximum absolute atomic E-state index is 12.1. The lowest BCUT2D eigenvalue weighted by atomic mass is 9.89. The van der Waals surface area contributed by atoms with E-state index < -0.39 is 5.60 Å². The summed E-state index contributed by atoms with van der Waals surface area (Å²) in [5.74, 6) is 0.828. The van der Waals surface area contributed by atoms with Crippen molar-refractivity contribution in [1.29, 1.82) is 0 Å². The van der Waals surface area contributed by atoms with Crippen LogP contribution in [0.25, 0.3) is 0 Å². The van der Waals surface area contributed by atoms with E-state index in [2.05, 4.69) is 10.6 Å². The minimum atomic E-state index is -0.431. The van der Waals surface area contributed by atoms with Gasteiger partial charge in [0.05, 0.1) is 0 Å². The predicted molar refractivity (Wildman–Crippen MR) is 94.6 cm³/mol. The van der Waals surface area contributed by atoms with Crippen molar-refractivity contribution in [2.45, 2.75) is 103 Å². The van der Waals surface area contributed by atoms with E-state index in [-0.39, 0.29) is 12.1 Å². The van der Waals surface area contributed by atoms with E-state index in [9.17, 15) is 4.79 Å². The summed E-state index contributed by atoms with van der Waals surface area (Å²) in [6.45, 7) is 6.85. The molecule has 0 spiro atoms. The number of hydrogen-bond acceptors (Lipinski definition) is 3. The van der Waals surface area contributed by atoms with E-state index in [0.717, 1.165) is 25.3 Å². The van der Waals surface area contributed by atoms with Gasteiger partial charge in [-0.15, -0.1) is 0 Å². The van der Waals surface area contributed by atoms with Crippen LogP contribution in [0, 0.1) is 5.92 Å². The van der Waals surface area contributed by atoms with Crippen LogP contribution >= 0.6 is 0 Å². The van der Waals surface area contributed by atoms with Gasteiger partial charge in [-0.2, -0.15) is 0 Å². The molecule has 4 heteroatoms. The molecule has 0 bridgehead atoms. The van der Waals surface area contributed by atoms with Crippen LogP contribution in [0.5, 0.6) is 0 Å². The topological polar surface area (TPSA) is 50.4 Å². The molecule has 2 saturated carbocycles. The van der Waals surface area contributed by atoms with Gasteiger partial charge in [0, 0.05) is 12.1 Å². The van der Waals surface area contributed by atoms with Gasteiger partial charge < -0.3 is 15.4 Å². The highest BCUT2D eigenvalue weighted by atomic mass is 16.6. The van der Waals surface area contributed by atoms with E-state index in [1.165, 1.54) is 51.4 Å². The van der Waals surface area contributed by atoms with E-state index >= 15 is 0 Å². The molecule has 0 heterocycles. The molecular weight excluding hydrogens is 288 g/mol. The minimum Gasteiger partial charge on any atom is -0.444 e. The van der Waals surface area contributed by atoms with Gasteiger partial charge >= 0.3 is 6.09 Å². The number of amides is 1. The highest BCUT2D eigenvalue weighted by Crippen LogP contribution is 2.24. The molecule has 4 nitrogen and oxygen atoms in total. The Balaban J connectivity index is 1.84. The summed E-state index contributed by atoms with van der Waals surface area (Å²) in [5.41, 5.74) is -0.431. The fraction of sp³-hybridized carbons (Fsp3) is 0.947. The second-order valence-electron chi connectivity index (χ2n) is 8.41.